The highest BCUT2D eigenvalue weighted by atomic mass is 16.5. The maximum absolute atomic E-state index is 12.0. The van der Waals surface area contributed by atoms with E-state index >= 15 is 0 Å². The van der Waals surface area contributed by atoms with E-state index in [1.807, 2.05) is 37.3 Å². The van der Waals surface area contributed by atoms with Crippen LogP contribution in [0.2, 0.25) is 0 Å². The molecule has 2 aromatic carbocycles. The molecule has 0 saturated carbocycles. The average Bonchev–Trinajstić information content (AvgIpc) is 2.96. The summed E-state index contributed by atoms with van der Waals surface area (Å²) in [6.45, 7) is 2.03. The number of hydrogen-bond acceptors (Lipinski definition) is 5. The zero-order valence-corrected chi connectivity index (χ0v) is 12.3. The van der Waals surface area contributed by atoms with E-state index in [-0.39, 0.29) is 6.61 Å². The molecule has 0 radical (unpaired) electrons. The predicted octanol–water partition coefficient (Wildman–Crippen LogP) is 3.50. The number of rotatable bonds is 4. The first kappa shape index (κ1) is 14.1. The van der Waals surface area contributed by atoms with Crippen LogP contribution in [0.1, 0.15) is 21.8 Å². The summed E-state index contributed by atoms with van der Waals surface area (Å²) in [5.41, 5.74) is 1.06. The van der Waals surface area contributed by atoms with Crippen LogP contribution in [0, 0.1) is 6.92 Å². The normalized spacial score (nSPS) is 10.6. The number of aryl methyl sites for hydroxylation is 1. The molecule has 0 aliphatic carbocycles. The fourth-order valence-corrected chi connectivity index (χ4v) is 2.25. The lowest BCUT2D eigenvalue weighted by Gasteiger charge is -2.11. The zero-order chi connectivity index (χ0) is 15.5. The second-order valence-electron chi connectivity index (χ2n) is 4.90. The molecule has 1 heterocycles. The van der Waals surface area contributed by atoms with E-state index in [4.69, 9.17) is 14.0 Å². The van der Waals surface area contributed by atoms with Crippen LogP contribution in [0.5, 0.6) is 5.75 Å². The van der Waals surface area contributed by atoms with Crippen molar-refractivity contribution >= 4 is 16.7 Å². The molecule has 0 N–H and O–H groups in total. The van der Waals surface area contributed by atoms with Gasteiger partial charge in [0.25, 0.3) is 0 Å². The molecule has 5 heteroatoms. The van der Waals surface area contributed by atoms with Crippen LogP contribution >= 0.6 is 0 Å². The Hall–Kier alpha value is -2.82. The van der Waals surface area contributed by atoms with Gasteiger partial charge >= 0.3 is 5.97 Å². The standard InChI is InChI=1S/C17H15NO4/c1-11-7-14(18-22-11)10-21-16-9-13-6-4-3-5-12(13)8-15(16)17(19)20-2/h3-9H,10H2,1-2H3. The van der Waals surface area contributed by atoms with E-state index in [1.165, 1.54) is 7.11 Å². The lowest BCUT2D eigenvalue weighted by molar-refractivity contribution is 0.0595. The summed E-state index contributed by atoms with van der Waals surface area (Å²) >= 11 is 0. The molecular formula is C17H15NO4. The third kappa shape index (κ3) is 2.79. The van der Waals surface area contributed by atoms with Gasteiger partial charge in [-0.3, -0.25) is 0 Å². The Morgan fingerprint density at radius 1 is 1.18 bits per heavy atom. The van der Waals surface area contributed by atoms with Crippen LogP contribution in [0.25, 0.3) is 10.8 Å². The van der Waals surface area contributed by atoms with Crippen molar-refractivity contribution in [3.63, 3.8) is 0 Å². The Morgan fingerprint density at radius 3 is 2.55 bits per heavy atom. The molecule has 0 atom stereocenters. The van der Waals surface area contributed by atoms with E-state index in [1.54, 1.807) is 12.1 Å². The van der Waals surface area contributed by atoms with Gasteiger partial charge in [-0.05, 0) is 29.8 Å². The molecule has 0 spiro atoms. The molecule has 0 aliphatic heterocycles. The minimum Gasteiger partial charge on any atom is -0.486 e. The number of methoxy groups -OCH3 is 1. The van der Waals surface area contributed by atoms with Crippen LogP contribution in [0.15, 0.2) is 47.0 Å². The number of ether oxygens (including phenoxy) is 2. The smallest absolute Gasteiger partial charge is 0.341 e. The van der Waals surface area contributed by atoms with Crippen LogP contribution in [-0.2, 0) is 11.3 Å². The molecule has 0 saturated heterocycles. The molecule has 22 heavy (non-hydrogen) atoms. The lowest BCUT2D eigenvalue weighted by atomic mass is 10.1. The van der Waals surface area contributed by atoms with Crippen molar-refractivity contribution in [3.05, 3.63) is 59.5 Å². The number of esters is 1. The summed E-state index contributed by atoms with van der Waals surface area (Å²) in [4.78, 5) is 12.0. The first-order valence-electron chi connectivity index (χ1n) is 6.83. The lowest BCUT2D eigenvalue weighted by Crippen LogP contribution is -2.06. The van der Waals surface area contributed by atoms with Gasteiger partial charge in [0, 0.05) is 6.07 Å². The number of carbonyl (C=O) groups excluding carboxylic acids is 1. The highest BCUT2D eigenvalue weighted by Crippen LogP contribution is 2.27. The largest absolute Gasteiger partial charge is 0.486 e. The Bertz CT molecular complexity index is 822. The van der Waals surface area contributed by atoms with E-state index in [0.717, 1.165) is 10.8 Å². The molecule has 0 aliphatic rings. The summed E-state index contributed by atoms with van der Waals surface area (Å²) in [7, 11) is 1.35. The maximum atomic E-state index is 12.0. The van der Waals surface area contributed by atoms with Crippen molar-refractivity contribution in [3.8, 4) is 5.75 Å². The van der Waals surface area contributed by atoms with Gasteiger partial charge in [-0.15, -0.1) is 0 Å². The SMILES string of the molecule is COC(=O)c1cc2ccccc2cc1OCc1cc(C)on1. The second-order valence-corrected chi connectivity index (χ2v) is 4.90. The van der Waals surface area contributed by atoms with Gasteiger partial charge in [0.2, 0.25) is 0 Å². The summed E-state index contributed by atoms with van der Waals surface area (Å²) in [5, 5.41) is 5.81. The van der Waals surface area contributed by atoms with Gasteiger partial charge in [-0.1, -0.05) is 29.4 Å². The van der Waals surface area contributed by atoms with Gasteiger partial charge in [-0.25, -0.2) is 4.79 Å². The summed E-state index contributed by atoms with van der Waals surface area (Å²) in [6.07, 6.45) is 0. The highest BCUT2D eigenvalue weighted by molar-refractivity contribution is 5.98. The van der Waals surface area contributed by atoms with E-state index in [2.05, 4.69) is 5.16 Å². The Morgan fingerprint density at radius 2 is 1.91 bits per heavy atom. The second kappa shape index (κ2) is 5.89. The van der Waals surface area contributed by atoms with E-state index in [0.29, 0.717) is 22.8 Å². The number of hydrogen-bond donors (Lipinski definition) is 0. The van der Waals surface area contributed by atoms with Gasteiger partial charge in [0.15, 0.2) is 0 Å². The first-order valence-corrected chi connectivity index (χ1v) is 6.83. The van der Waals surface area contributed by atoms with Crippen molar-refractivity contribution in [1.29, 1.82) is 0 Å². The predicted molar refractivity (Wildman–Crippen MR) is 80.9 cm³/mol. The Kier molecular flexibility index (Phi) is 3.78. The minimum absolute atomic E-state index is 0.222. The summed E-state index contributed by atoms with van der Waals surface area (Å²) in [6, 6.07) is 13.1. The summed E-state index contributed by atoms with van der Waals surface area (Å²) in [5.74, 6) is 0.744. The van der Waals surface area contributed by atoms with Crippen LogP contribution in [-0.4, -0.2) is 18.2 Å². The molecule has 0 bridgehead atoms. The monoisotopic (exact) mass is 297 g/mol. The minimum atomic E-state index is -0.433. The van der Waals surface area contributed by atoms with Crippen molar-refractivity contribution in [2.75, 3.05) is 7.11 Å². The quantitative estimate of drug-likeness (QED) is 0.690. The summed E-state index contributed by atoms with van der Waals surface area (Å²) < 4.78 is 15.6. The molecule has 3 rings (SSSR count). The molecule has 3 aromatic rings. The fourth-order valence-electron chi connectivity index (χ4n) is 2.25. The van der Waals surface area contributed by atoms with Crippen LogP contribution in [0.3, 0.4) is 0 Å². The molecule has 1 aromatic heterocycles. The number of carbonyl (C=O) groups is 1. The molecule has 5 nitrogen and oxygen atoms in total. The number of nitrogens with zero attached hydrogens (tertiary/aromatic N) is 1. The van der Waals surface area contributed by atoms with Crippen molar-refractivity contribution < 1.29 is 18.8 Å². The number of aromatic nitrogens is 1. The van der Waals surface area contributed by atoms with E-state index < -0.39 is 5.97 Å². The fraction of sp³-hybridized carbons (Fsp3) is 0.176. The highest BCUT2D eigenvalue weighted by Gasteiger charge is 2.15. The van der Waals surface area contributed by atoms with Gasteiger partial charge < -0.3 is 14.0 Å². The number of benzene rings is 2. The Labute approximate surface area is 127 Å². The average molecular weight is 297 g/mol. The van der Waals surface area contributed by atoms with Gasteiger partial charge in [0.05, 0.1) is 7.11 Å². The third-order valence-corrected chi connectivity index (χ3v) is 3.31. The van der Waals surface area contributed by atoms with Gasteiger partial charge in [-0.2, -0.15) is 0 Å². The molecule has 0 unspecified atom stereocenters. The van der Waals surface area contributed by atoms with Crippen molar-refractivity contribution in [1.82, 2.24) is 5.16 Å². The van der Waals surface area contributed by atoms with Crippen LogP contribution in [0.4, 0.5) is 0 Å². The molecule has 112 valence electrons. The van der Waals surface area contributed by atoms with Gasteiger partial charge in [0.1, 0.15) is 29.4 Å². The zero-order valence-electron chi connectivity index (χ0n) is 12.3. The molecule has 0 amide bonds. The number of fused-ring (bicyclic) bond motifs is 1. The molecule has 0 fully saturated rings. The van der Waals surface area contributed by atoms with Crippen molar-refractivity contribution in [2.24, 2.45) is 0 Å². The van der Waals surface area contributed by atoms with Crippen molar-refractivity contribution in [2.45, 2.75) is 13.5 Å². The first-order chi connectivity index (χ1) is 10.7. The topological polar surface area (TPSA) is 61.6 Å². The van der Waals surface area contributed by atoms with E-state index in [9.17, 15) is 4.79 Å². The Balaban J connectivity index is 1.96. The third-order valence-electron chi connectivity index (χ3n) is 3.31. The maximum Gasteiger partial charge on any atom is 0.341 e. The molecular weight excluding hydrogens is 282 g/mol. The van der Waals surface area contributed by atoms with Crippen LogP contribution < -0.4 is 4.74 Å².